The number of fused-ring (bicyclic) bond motifs is 2. The van der Waals surface area contributed by atoms with Crippen LogP contribution in [0, 0.1) is 6.92 Å². The highest BCUT2D eigenvalue weighted by Crippen LogP contribution is 2.50. The van der Waals surface area contributed by atoms with Gasteiger partial charge in [0.05, 0.1) is 11.4 Å². The van der Waals surface area contributed by atoms with Gasteiger partial charge >= 0.3 is 0 Å². The van der Waals surface area contributed by atoms with Crippen LogP contribution in [0.1, 0.15) is 5.76 Å². The van der Waals surface area contributed by atoms with Crippen molar-refractivity contribution in [2.45, 2.75) is 6.92 Å². The Kier molecular flexibility index (Phi) is 3.61. The van der Waals surface area contributed by atoms with E-state index in [0.717, 1.165) is 39.6 Å². The van der Waals surface area contributed by atoms with Crippen LogP contribution in [0.15, 0.2) is 99.6 Å². The largest absolute Gasteiger partial charge is 0.443 e. The molecule has 1 aromatic heterocycles. The number of hydrogen-bond donors (Lipinski definition) is 0. The van der Waals surface area contributed by atoms with E-state index in [1.807, 2.05) is 49.4 Å². The Morgan fingerprint density at radius 1 is 0.704 bits per heavy atom. The molecule has 0 bridgehead atoms. The first kappa shape index (κ1) is 15.6. The highest BCUT2D eigenvalue weighted by molar-refractivity contribution is 5.92. The van der Waals surface area contributed by atoms with Crippen molar-refractivity contribution in [1.82, 2.24) is 0 Å². The average Bonchev–Trinajstić information content (AvgIpc) is 3.01. The summed E-state index contributed by atoms with van der Waals surface area (Å²) in [4.78, 5) is 2.11. The molecule has 27 heavy (non-hydrogen) atoms. The topological polar surface area (TPSA) is 41.1 Å². The zero-order chi connectivity index (χ0) is 18.2. The Labute approximate surface area is 157 Å². The van der Waals surface area contributed by atoms with Crippen molar-refractivity contribution in [1.29, 1.82) is 0 Å². The van der Waals surface area contributed by atoms with Crippen molar-refractivity contribution >= 4 is 28.6 Å². The third kappa shape index (κ3) is 2.62. The molecular formula is C23H17N3O. The zero-order valence-electron chi connectivity index (χ0n) is 14.8. The minimum atomic E-state index is 0.685. The van der Waals surface area contributed by atoms with Crippen molar-refractivity contribution in [3.63, 3.8) is 0 Å². The molecule has 0 saturated heterocycles. The Bertz CT molecular complexity index is 1150. The summed E-state index contributed by atoms with van der Waals surface area (Å²) in [7, 11) is 0. The van der Waals surface area contributed by atoms with E-state index in [9.17, 15) is 0 Å². The van der Waals surface area contributed by atoms with Gasteiger partial charge in [0.15, 0.2) is 0 Å². The SMILES string of the molecule is Cc1cc2c(o1)N(c1ccccc1-c1ccccc1)c1ccccc1N=N2. The maximum atomic E-state index is 6.07. The van der Waals surface area contributed by atoms with Crippen molar-refractivity contribution in [2.75, 3.05) is 4.90 Å². The van der Waals surface area contributed by atoms with E-state index in [0.29, 0.717) is 5.88 Å². The maximum absolute atomic E-state index is 6.07. The van der Waals surface area contributed by atoms with Crippen LogP contribution < -0.4 is 4.90 Å². The van der Waals surface area contributed by atoms with Crippen LogP contribution in [0.25, 0.3) is 11.1 Å². The standard InChI is InChI=1S/C23H17N3O/c1-16-15-20-23(27-16)26(22-14-8-6-12-19(22)24-25-20)21-13-7-5-11-18(21)17-9-3-2-4-10-17/h2-15H,1H3. The normalized spacial score (nSPS) is 12.4. The Morgan fingerprint density at radius 2 is 1.37 bits per heavy atom. The molecule has 0 aliphatic carbocycles. The third-order valence-corrected chi connectivity index (χ3v) is 4.64. The monoisotopic (exact) mass is 351 g/mol. The van der Waals surface area contributed by atoms with Gasteiger partial charge in [-0.25, -0.2) is 0 Å². The molecule has 4 heteroatoms. The summed E-state index contributed by atoms with van der Waals surface area (Å²) in [6.07, 6.45) is 0. The van der Waals surface area contributed by atoms with Crippen LogP contribution in [-0.4, -0.2) is 0 Å². The minimum absolute atomic E-state index is 0.685. The fraction of sp³-hybridized carbons (Fsp3) is 0.0435. The van der Waals surface area contributed by atoms with Crippen LogP contribution in [0.3, 0.4) is 0 Å². The summed E-state index contributed by atoms with van der Waals surface area (Å²) in [5.41, 5.74) is 5.77. The van der Waals surface area contributed by atoms with Gasteiger partial charge in [-0.15, -0.1) is 10.2 Å². The second-order valence-electron chi connectivity index (χ2n) is 6.45. The lowest BCUT2D eigenvalue weighted by molar-refractivity contribution is 0.542. The van der Waals surface area contributed by atoms with E-state index < -0.39 is 0 Å². The quantitative estimate of drug-likeness (QED) is 0.331. The van der Waals surface area contributed by atoms with Crippen molar-refractivity contribution < 1.29 is 4.42 Å². The molecule has 1 aliphatic rings. The number of aryl methyl sites for hydroxylation is 1. The predicted molar refractivity (Wildman–Crippen MR) is 108 cm³/mol. The lowest BCUT2D eigenvalue weighted by Gasteiger charge is -2.25. The molecule has 0 amide bonds. The minimum Gasteiger partial charge on any atom is -0.443 e. The Balaban J connectivity index is 1.80. The number of azo groups is 1. The van der Waals surface area contributed by atoms with Gasteiger partial charge in [0, 0.05) is 11.6 Å². The van der Waals surface area contributed by atoms with Crippen LogP contribution in [0.4, 0.5) is 28.6 Å². The summed E-state index contributed by atoms with van der Waals surface area (Å²) in [5, 5.41) is 8.86. The molecule has 5 rings (SSSR count). The van der Waals surface area contributed by atoms with Crippen molar-refractivity contribution in [2.24, 2.45) is 10.2 Å². The zero-order valence-corrected chi connectivity index (χ0v) is 14.8. The molecule has 0 N–H and O–H groups in total. The smallest absolute Gasteiger partial charge is 0.232 e. The summed E-state index contributed by atoms with van der Waals surface area (Å²) in [6, 6.07) is 28.6. The van der Waals surface area contributed by atoms with Crippen LogP contribution in [0.2, 0.25) is 0 Å². The second kappa shape index (κ2) is 6.25. The summed E-state index contributed by atoms with van der Waals surface area (Å²) in [5.74, 6) is 1.49. The molecule has 0 fully saturated rings. The average molecular weight is 351 g/mol. The molecule has 0 spiro atoms. The Morgan fingerprint density at radius 3 is 2.22 bits per heavy atom. The highest BCUT2D eigenvalue weighted by Gasteiger charge is 2.27. The van der Waals surface area contributed by atoms with E-state index in [1.54, 1.807) is 0 Å². The molecule has 4 aromatic rings. The van der Waals surface area contributed by atoms with E-state index in [1.165, 1.54) is 0 Å². The summed E-state index contributed by atoms with van der Waals surface area (Å²) < 4.78 is 6.07. The van der Waals surface area contributed by atoms with Crippen molar-refractivity contribution in [3.05, 3.63) is 90.7 Å². The van der Waals surface area contributed by atoms with Gasteiger partial charge in [-0.1, -0.05) is 60.7 Å². The summed E-state index contributed by atoms with van der Waals surface area (Å²) >= 11 is 0. The van der Waals surface area contributed by atoms with Gasteiger partial charge in [-0.05, 0) is 30.7 Å². The second-order valence-corrected chi connectivity index (χ2v) is 6.45. The van der Waals surface area contributed by atoms with E-state index in [-0.39, 0.29) is 0 Å². The molecule has 0 atom stereocenters. The number of rotatable bonds is 2. The van der Waals surface area contributed by atoms with Crippen LogP contribution >= 0.6 is 0 Å². The van der Waals surface area contributed by atoms with Gasteiger partial charge in [-0.3, -0.25) is 4.90 Å². The molecule has 3 aromatic carbocycles. The molecule has 4 nitrogen and oxygen atoms in total. The Hall–Kier alpha value is -3.66. The molecule has 2 heterocycles. The number of para-hydroxylation sites is 2. The highest BCUT2D eigenvalue weighted by atomic mass is 16.4. The first-order valence-electron chi connectivity index (χ1n) is 8.87. The van der Waals surface area contributed by atoms with Gasteiger partial charge < -0.3 is 4.42 Å². The third-order valence-electron chi connectivity index (χ3n) is 4.64. The molecule has 0 unspecified atom stereocenters. The molecule has 0 saturated carbocycles. The predicted octanol–water partition coefficient (Wildman–Crippen LogP) is 7.45. The van der Waals surface area contributed by atoms with Gasteiger partial charge in [0.1, 0.15) is 17.1 Å². The fourth-order valence-corrected chi connectivity index (χ4v) is 3.44. The van der Waals surface area contributed by atoms with Gasteiger partial charge in [0.2, 0.25) is 5.88 Å². The van der Waals surface area contributed by atoms with E-state index in [2.05, 4.69) is 57.6 Å². The summed E-state index contributed by atoms with van der Waals surface area (Å²) in [6.45, 7) is 1.93. The lowest BCUT2D eigenvalue weighted by atomic mass is 10.0. The fourth-order valence-electron chi connectivity index (χ4n) is 3.44. The van der Waals surface area contributed by atoms with Gasteiger partial charge in [0.25, 0.3) is 0 Å². The van der Waals surface area contributed by atoms with Crippen molar-refractivity contribution in [3.8, 4) is 11.1 Å². The van der Waals surface area contributed by atoms with Gasteiger partial charge in [-0.2, -0.15) is 0 Å². The first-order valence-corrected chi connectivity index (χ1v) is 8.87. The first-order chi connectivity index (χ1) is 13.3. The molecular weight excluding hydrogens is 334 g/mol. The maximum Gasteiger partial charge on any atom is 0.232 e. The number of hydrogen-bond acceptors (Lipinski definition) is 4. The van der Waals surface area contributed by atoms with Crippen LogP contribution in [-0.2, 0) is 0 Å². The number of furan rings is 1. The van der Waals surface area contributed by atoms with Crippen LogP contribution in [0.5, 0.6) is 0 Å². The van der Waals surface area contributed by atoms with E-state index in [4.69, 9.17) is 4.42 Å². The number of benzene rings is 3. The molecule has 0 radical (unpaired) electrons. The van der Waals surface area contributed by atoms with E-state index >= 15 is 0 Å². The number of anilines is 3. The lowest BCUT2D eigenvalue weighted by Crippen LogP contribution is -2.10. The molecule has 130 valence electrons. The molecule has 1 aliphatic heterocycles. The number of nitrogens with zero attached hydrogens (tertiary/aromatic N) is 3.